The van der Waals surface area contributed by atoms with Gasteiger partial charge in [-0.15, -0.1) is 0 Å². The molecule has 2 nitrogen and oxygen atoms in total. The van der Waals surface area contributed by atoms with Crippen molar-refractivity contribution in [1.82, 2.24) is 4.98 Å². The van der Waals surface area contributed by atoms with Gasteiger partial charge in [0.25, 0.3) is 0 Å². The summed E-state index contributed by atoms with van der Waals surface area (Å²) in [5.41, 5.74) is 4.52. The van der Waals surface area contributed by atoms with Crippen molar-refractivity contribution in [2.45, 2.75) is 19.4 Å². The second-order valence-electron chi connectivity index (χ2n) is 6.54. The Morgan fingerprint density at radius 3 is 2.30 bits per heavy atom. The highest BCUT2D eigenvalue weighted by Gasteiger charge is 2.20. The minimum atomic E-state index is -0.869. The van der Waals surface area contributed by atoms with Crippen LogP contribution in [0.25, 0.3) is 32.9 Å². The van der Waals surface area contributed by atoms with Crippen molar-refractivity contribution in [2.24, 2.45) is 0 Å². The van der Waals surface area contributed by atoms with Gasteiger partial charge in [0.05, 0.1) is 5.60 Å². The normalized spacial score (nSPS) is 12.1. The van der Waals surface area contributed by atoms with E-state index in [1.807, 2.05) is 38.1 Å². The fraction of sp³-hybridized carbons (Fsp3) is 0.143. The van der Waals surface area contributed by atoms with Gasteiger partial charge in [0, 0.05) is 21.8 Å². The maximum absolute atomic E-state index is 10.5. The molecular weight excluding hydrogens is 282 g/mol. The maximum Gasteiger partial charge on any atom is 0.0846 e. The van der Waals surface area contributed by atoms with E-state index >= 15 is 0 Å². The van der Waals surface area contributed by atoms with E-state index in [2.05, 4.69) is 47.4 Å². The zero-order valence-corrected chi connectivity index (χ0v) is 13.3. The first-order valence-electron chi connectivity index (χ1n) is 7.87. The van der Waals surface area contributed by atoms with Gasteiger partial charge in [0.2, 0.25) is 0 Å². The molecule has 0 radical (unpaired) electrons. The lowest BCUT2D eigenvalue weighted by atomic mass is 9.89. The van der Waals surface area contributed by atoms with E-state index in [9.17, 15) is 5.11 Å². The van der Waals surface area contributed by atoms with Crippen molar-refractivity contribution in [1.29, 1.82) is 0 Å². The fourth-order valence-corrected chi connectivity index (χ4v) is 3.29. The van der Waals surface area contributed by atoms with Crippen LogP contribution >= 0.6 is 0 Å². The van der Waals surface area contributed by atoms with Gasteiger partial charge in [-0.1, -0.05) is 54.6 Å². The molecule has 23 heavy (non-hydrogen) atoms. The third kappa shape index (κ3) is 2.32. The maximum atomic E-state index is 10.5. The quantitative estimate of drug-likeness (QED) is 0.523. The lowest BCUT2D eigenvalue weighted by molar-refractivity contribution is 0.0792. The van der Waals surface area contributed by atoms with Crippen LogP contribution in [0.4, 0.5) is 0 Å². The van der Waals surface area contributed by atoms with Crippen molar-refractivity contribution in [2.75, 3.05) is 0 Å². The average molecular weight is 301 g/mol. The summed E-state index contributed by atoms with van der Waals surface area (Å²) in [6.07, 6.45) is 0. The summed E-state index contributed by atoms with van der Waals surface area (Å²) in [6, 6.07) is 22.8. The molecule has 0 bridgehead atoms. The Morgan fingerprint density at radius 1 is 0.783 bits per heavy atom. The molecule has 2 N–H and O–H groups in total. The molecule has 4 rings (SSSR count). The van der Waals surface area contributed by atoms with Gasteiger partial charge in [-0.05, 0) is 42.7 Å². The molecule has 114 valence electrons. The number of benzene rings is 3. The predicted octanol–water partition coefficient (Wildman–Crippen LogP) is 5.22. The highest BCUT2D eigenvalue weighted by Crippen LogP contribution is 2.34. The molecule has 0 saturated heterocycles. The first kappa shape index (κ1) is 14.0. The Labute approximate surface area is 135 Å². The molecule has 0 fully saturated rings. The van der Waals surface area contributed by atoms with Crippen molar-refractivity contribution in [3.63, 3.8) is 0 Å². The van der Waals surface area contributed by atoms with E-state index in [1.54, 1.807) is 0 Å². The van der Waals surface area contributed by atoms with Crippen LogP contribution in [0.2, 0.25) is 0 Å². The number of fused-ring (bicyclic) bond motifs is 3. The van der Waals surface area contributed by atoms with Crippen LogP contribution in [0.5, 0.6) is 0 Å². The average Bonchev–Trinajstić information content (AvgIpc) is 2.91. The van der Waals surface area contributed by atoms with E-state index in [1.165, 1.54) is 10.8 Å². The highest BCUT2D eigenvalue weighted by molar-refractivity contribution is 6.08. The van der Waals surface area contributed by atoms with Crippen LogP contribution in [0.1, 0.15) is 19.4 Å². The van der Waals surface area contributed by atoms with Crippen LogP contribution < -0.4 is 0 Å². The zero-order valence-electron chi connectivity index (χ0n) is 13.3. The van der Waals surface area contributed by atoms with E-state index < -0.39 is 5.60 Å². The number of aliphatic hydroxyl groups is 1. The van der Waals surface area contributed by atoms with Crippen LogP contribution in [0.15, 0.2) is 66.7 Å². The summed E-state index contributed by atoms with van der Waals surface area (Å²) >= 11 is 0. The Hall–Kier alpha value is -2.58. The third-order valence-electron chi connectivity index (χ3n) is 4.40. The zero-order chi connectivity index (χ0) is 16.0. The van der Waals surface area contributed by atoms with Gasteiger partial charge >= 0.3 is 0 Å². The van der Waals surface area contributed by atoms with E-state index in [4.69, 9.17) is 0 Å². The number of hydrogen-bond acceptors (Lipinski definition) is 1. The Balaban J connectivity index is 1.96. The summed E-state index contributed by atoms with van der Waals surface area (Å²) in [5, 5.41) is 12.9. The number of aromatic nitrogens is 1. The second kappa shape index (κ2) is 4.97. The first-order chi connectivity index (χ1) is 11.0. The van der Waals surface area contributed by atoms with Crippen LogP contribution in [-0.4, -0.2) is 10.1 Å². The van der Waals surface area contributed by atoms with Gasteiger partial charge in [0.1, 0.15) is 0 Å². The molecule has 0 spiro atoms. The Bertz CT molecular complexity index is 1010. The summed E-state index contributed by atoms with van der Waals surface area (Å²) < 4.78 is 0. The fourth-order valence-electron chi connectivity index (χ4n) is 3.29. The van der Waals surface area contributed by atoms with Gasteiger partial charge in [-0.2, -0.15) is 0 Å². The van der Waals surface area contributed by atoms with Crippen LogP contribution in [-0.2, 0) is 5.60 Å². The molecule has 1 aromatic heterocycles. The van der Waals surface area contributed by atoms with Gasteiger partial charge < -0.3 is 10.1 Å². The molecule has 0 saturated carbocycles. The summed E-state index contributed by atoms with van der Waals surface area (Å²) in [6.45, 7) is 3.65. The first-order valence-corrected chi connectivity index (χ1v) is 7.87. The minimum absolute atomic E-state index is 0.869. The number of aromatic amines is 1. The minimum Gasteiger partial charge on any atom is -0.386 e. The largest absolute Gasteiger partial charge is 0.386 e. The second-order valence-corrected chi connectivity index (χ2v) is 6.54. The standard InChI is InChI=1S/C21H19NO/c1-21(2,23)18-9-5-3-7-15(18)14-11-12-17-16-8-4-6-10-19(16)22-20(17)13-14/h3-13,22-23H,1-2H3. The molecule has 1 heterocycles. The summed E-state index contributed by atoms with van der Waals surface area (Å²) in [5.74, 6) is 0. The van der Waals surface area contributed by atoms with Gasteiger partial charge in [-0.3, -0.25) is 0 Å². The molecular formula is C21H19NO. The van der Waals surface area contributed by atoms with E-state index in [0.717, 1.165) is 27.7 Å². The third-order valence-corrected chi connectivity index (χ3v) is 4.40. The summed E-state index contributed by atoms with van der Waals surface area (Å²) in [4.78, 5) is 3.48. The number of nitrogens with one attached hydrogen (secondary N) is 1. The molecule has 2 heteroatoms. The summed E-state index contributed by atoms with van der Waals surface area (Å²) in [7, 11) is 0. The van der Waals surface area contributed by atoms with Gasteiger partial charge in [0.15, 0.2) is 0 Å². The molecule has 3 aromatic carbocycles. The SMILES string of the molecule is CC(C)(O)c1ccccc1-c1ccc2c(c1)[nH]c1ccccc12. The molecule has 0 amide bonds. The topological polar surface area (TPSA) is 36.0 Å². The highest BCUT2D eigenvalue weighted by atomic mass is 16.3. The molecule has 4 aromatic rings. The lowest BCUT2D eigenvalue weighted by Gasteiger charge is -2.21. The van der Waals surface area contributed by atoms with E-state index in [0.29, 0.717) is 0 Å². The van der Waals surface area contributed by atoms with Crippen molar-refractivity contribution in [3.8, 4) is 11.1 Å². The predicted molar refractivity (Wildman–Crippen MR) is 96.5 cm³/mol. The molecule has 0 aliphatic heterocycles. The number of hydrogen-bond donors (Lipinski definition) is 2. The van der Waals surface area contributed by atoms with Crippen molar-refractivity contribution >= 4 is 21.8 Å². The smallest absolute Gasteiger partial charge is 0.0846 e. The number of H-pyrrole nitrogens is 1. The van der Waals surface area contributed by atoms with Gasteiger partial charge in [-0.25, -0.2) is 0 Å². The van der Waals surface area contributed by atoms with Crippen molar-refractivity contribution in [3.05, 3.63) is 72.3 Å². The molecule has 0 atom stereocenters. The number of rotatable bonds is 2. The molecule has 0 aliphatic carbocycles. The van der Waals surface area contributed by atoms with Crippen LogP contribution in [0.3, 0.4) is 0 Å². The van der Waals surface area contributed by atoms with Crippen LogP contribution in [0, 0.1) is 0 Å². The Kier molecular flexibility index (Phi) is 3.03. The Morgan fingerprint density at radius 2 is 1.48 bits per heavy atom. The van der Waals surface area contributed by atoms with E-state index in [-0.39, 0.29) is 0 Å². The molecule has 0 unspecified atom stereocenters. The molecule has 0 aliphatic rings. The number of para-hydroxylation sites is 1. The monoisotopic (exact) mass is 301 g/mol. The van der Waals surface area contributed by atoms with Crippen molar-refractivity contribution < 1.29 is 5.11 Å². The lowest BCUT2D eigenvalue weighted by Crippen LogP contribution is -2.16.